The molecule has 0 saturated heterocycles. The summed E-state index contributed by atoms with van der Waals surface area (Å²) in [5.74, 6) is -0.943. The summed E-state index contributed by atoms with van der Waals surface area (Å²) in [6.45, 7) is 0.0923. The van der Waals surface area contributed by atoms with Crippen molar-refractivity contribution in [2.24, 2.45) is 0 Å². The number of ether oxygens (including phenoxy) is 1. The van der Waals surface area contributed by atoms with E-state index in [0.29, 0.717) is 6.61 Å². The van der Waals surface area contributed by atoms with Gasteiger partial charge in [-0.05, 0) is 11.1 Å². The fourth-order valence-electron chi connectivity index (χ4n) is 0.981. The van der Waals surface area contributed by atoms with Crippen LogP contribution in [0.2, 0.25) is 0 Å². The van der Waals surface area contributed by atoms with Crippen LogP contribution in [-0.4, -0.2) is 17.7 Å². The Morgan fingerprint density at radius 3 is 2.36 bits per heavy atom. The molecule has 0 amide bonds. The SMILES string of the molecule is O=C(O)COCc1ccc(CBr)cc1. The van der Waals surface area contributed by atoms with Gasteiger partial charge in [-0.15, -0.1) is 0 Å². The predicted molar refractivity (Wildman–Crippen MR) is 56.4 cm³/mol. The molecule has 1 rings (SSSR count). The number of rotatable bonds is 5. The van der Waals surface area contributed by atoms with Gasteiger partial charge in [-0.3, -0.25) is 0 Å². The lowest BCUT2D eigenvalue weighted by molar-refractivity contribution is -0.142. The van der Waals surface area contributed by atoms with E-state index in [9.17, 15) is 4.79 Å². The Balaban J connectivity index is 2.40. The zero-order valence-electron chi connectivity index (χ0n) is 7.57. The van der Waals surface area contributed by atoms with Crippen molar-refractivity contribution in [3.8, 4) is 0 Å². The van der Waals surface area contributed by atoms with E-state index < -0.39 is 5.97 Å². The van der Waals surface area contributed by atoms with E-state index in [2.05, 4.69) is 15.9 Å². The molecule has 0 aliphatic carbocycles. The van der Waals surface area contributed by atoms with Crippen LogP contribution in [0.5, 0.6) is 0 Å². The average molecular weight is 259 g/mol. The van der Waals surface area contributed by atoms with E-state index in [0.717, 1.165) is 10.9 Å². The minimum absolute atomic E-state index is 0.250. The number of carboxylic acid groups (broad SMARTS) is 1. The molecule has 0 spiro atoms. The van der Waals surface area contributed by atoms with Crippen LogP contribution in [0, 0.1) is 0 Å². The van der Waals surface area contributed by atoms with Crippen LogP contribution < -0.4 is 0 Å². The molecule has 1 aromatic rings. The number of alkyl halides is 1. The molecule has 0 aromatic heterocycles. The summed E-state index contributed by atoms with van der Waals surface area (Å²) in [6.07, 6.45) is 0. The molecule has 3 nitrogen and oxygen atoms in total. The Morgan fingerprint density at radius 1 is 1.29 bits per heavy atom. The second-order valence-electron chi connectivity index (χ2n) is 2.84. The summed E-state index contributed by atoms with van der Waals surface area (Å²) in [6, 6.07) is 7.82. The van der Waals surface area contributed by atoms with Crippen molar-refractivity contribution >= 4 is 21.9 Å². The Bertz CT molecular complexity index is 295. The molecule has 0 heterocycles. The Labute approximate surface area is 90.8 Å². The molecule has 0 aliphatic rings. The number of hydrogen-bond donors (Lipinski definition) is 1. The topological polar surface area (TPSA) is 46.5 Å². The molecule has 76 valence electrons. The van der Waals surface area contributed by atoms with Crippen LogP contribution in [0.4, 0.5) is 0 Å². The van der Waals surface area contributed by atoms with E-state index >= 15 is 0 Å². The first kappa shape index (κ1) is 11.2. The van der Waals surface area contributed by atoms with Gasteiger partial charge in [0.05, 0.1) is 6.61 Å². The molecule has 4 heteroatoms. The first-order chi connectivity index (χ1) is 6.72. The van der Waals surface area contributed by atoms with Crippen LogP contribution in [0.25, 0.3) is 0 Å². The maximum Gasteiger partial charge on any atom is 0.329 e. The van der Waals surface area contributed by atoms with Crippen molar-refractivity contribution in [1.82, 2.24) is 0 Å². The number of hydrogen-bond acceptors (Lipinski definition) is 2. The normalized spacial score (nSPS) is 10.1. The van der Waals surface area contributed by atoms with Crippen LogP contribution in [0.3, 0.4) is 0 Å². The van der Waals surface area contributed by atoms with Gasteiger partial charge < -0.3 is 9.84 Å². The van der Waals surface area contributed by atoms with Gasteiger partial charge >= 0.3 is 5.97 Å². The van der Waals surface area contributed by atoms with Crippen molar-refractivity contribution in [2.45, 2.75) is 11.9 Å². The highest BCUT2D eigenvalue weighted by atomic mass is 79.9. The molecule has 14 heavy (non-hydrogen) atoms. The third-order valence-corrected chi connectivity index (χ3v) is 2.32. The van der Waals surface area contributed by atoms with Crippen LogP contribution in [0.1, 0.15) is 11.1 Å². The van der Waals surface area contributed by atoms with E-state index in [-0.39, 0.29) is 6.61 Å². The van der Waals surface area contributed by atoms with Crippen molar-refractivity contribution in [3.05, 3.63) is 35.4 Å². The highest BCUT2D eigenvalue weighted by Gasteiger charge is 1.97. The second kappa shape index (κ2) is 5.78. The maximum atomic E-state index is 10.2. The Kier molecular flexibility index (Phi) is 4.62. The maximum absolute atomic E-state index is 10.2. The molecule has 1 N–H and O–H groups in total. The summed E-state index contributed by atoms with van der Waals surface area (Å²) < 4.78 is 4.94. The predicted octanol–water partition coefficient (Wildman–Crippen LogP) is 2.18. The average Bonchev–Trinajstić information content (AvgIpc) is 2.18. The first-order valence-corrected chi connectivity index (χ1v) is 5.28. The van der Waals surface area contributed by atoms with Gasteiger partial charge in [0.1, 0.15) is 6.61 Å². The lowest BCUT2D eigenvalue weighted by atomic mass is 10.2. The van der Waals surface area contributed by atoms with Gasteiger partial charge in [0.2, 0.25) is 0 Å². The number of carbonyl (C=O) groups is 1. The summed E-state index contributed by atoms with van der Waals surface area (Å²) in [5.41, 5.74) is 2.17. The summed E-state index contributed by atoms with van der Waals surface area (Å²) in [5, 5.41) is 9.17. The molecule has 0 unspecified atom stereocenters. The van der Waals surface area contributed by atoms with Crippen molar-refractivity contribution in [2.75, 3.05) is 6.61 Å². The fourth-order valence-corrected chi connectivity index (χ4v) is 1.35. The summed E-state index contributed by atoms with van der Waals surface area (Å²) in [4.78, 5) is 10.2. The molecule has 1 aromatic carbocycles. The number of carboxylic acids is 1. The standard InChI is InChI=1S/C10H11BrO3/c11-5-8-1-3-9(4-2-8)6-14-7-10(12)13/h1-4H,5-7H2,(H,12,13). The second-order valence-corrected chi connectivity index (χ2v) is 3.40. The van der Waals surface area contributed by atoms with Gasteiger partial charge in [-0.2, -0.15) is 0 Å². The highest BCUT2D eigenvalue weighted by Crippen LogP contribution is 2.08. The molecule has 0 saturated carbocycles. The molecule has 0 aliphatic heterocycles. The quantitative estimate of drug-likeness (QED) is 0.824. The molecule has 0 atom stereocenters. The van der Waals surface area contributed by atoms with Crippen molar-refractivity contribution < 1.29 is 14.6 Å². The van der Waals surface area contributed by atoms with E-state index in [1.54, 1.807) is 0 Å². The molecule has 0 fully saturated rings. The van der Waals surface area contributed by atoms with Crippen molar-refractivity contribution in [3.63, 3.8) is 0 Å². The van der Waals surface area contributed by atoms with Crippen LogP contribution in [-0.2, 0) is 21.5 Å². The lowest BCUT2D eigenvalue weighted by Crippen LogP contribution is -2.06. The smallest absolute Gasteiger partial charge is 0.329 e. The summed E-state index contributed by atoms with van der Waals surface area (Å²) >= 11 is 3.34. The third-order valence-electron chi connectivity index (χ3n) is 1.67. The van der Waals surface area contributed by atoms with Crippen LogP contribution in [0.15, 0.2) is 24.3 Å². The molecule has 0 bridgehead atoms. The monoisotopic (exact) mass is 258 g/mol. The van der Waals surface area contributed by atoms with E-state index in [1.807, 2.05) is 24.3 Å². The minimum atomic E-state index is -0.943. The highest BCUT2D eigenvalue weighted by molar-refractivity contribution is 9.08. The van der Waals surface area contributed by atoms with Gasteiger partial charge in [0.25, 0.3) is 0 Å². The van der Waals surface area contributed by atoms with Crippen molar-refractivity contribution in [1.29, 1.82) is 0 Å². The van der Waals surface area contributed by atoms with Gasteiger partial charge in [0, 0.05) is 5.33 Å². The lowest BCUT2D eigenvalue weighted by Gasteiger charge is -2.02. The minimum Gasteiger partial charge on any atom is -0.480 e. The zero-order valence-corrected chi connectivity index (χ0v) is 9.16. The molecular weight excluding hydrogens is 248 g/mol. The van der Waals surface area contributed by atoms with Gasteiger partial charge in [-0.1, -0.05) is 40.2 Å². The Morgan fingerprint density at radius 2 is 1.86 bits per heavy atom. The first-order valence-electron chi connectivity index (χ1n) is 4.15. The number of aliphatic carboxylic acids is 1. The van der Waals surface area contributed by atoms with E-state index in [1.165, 1.54) is 5.56 Å². The zero-order chi connectivity index (χ0) is 10.4. The van der Waals surface area contributed by atoms with Gasteiger partial charge in [-0.25, -0.2) is 4.79 Å². The van der Waals surface area contributed by atoms with E-state index in [4.69, 9.17) is 9.84 Å². The largest absolute Gasteiger partial charge is 0.480 e. The molecule has 0 radical (unpaired) electrons. The molecular formula is C10H11BrO3. The Hall–Kier alpha value is -0.870. The summed E-state index contributed by atoms with van der Waals surface area (Å²) in [7, 11) is 0. The number of benzene rings is 1. The van der Waals surface area contributed by atoms with Gasteiger partial charge in [0.15, 0.2) is 0 Å². The fraction of sp³-hybridized carbons (Fsp3) is 0.300. The van der Waals surface area contributed by atoms with Crippen LogP contribution >= 0.6 is 15.9 Å². The third kappa shape index (κ3) is 3.89. The number of halogens is 1.